The van der Waals surface area contributed by atoms with E-state index in [0.29, 0.717) is 59.6 Å². The molecule has 5 atom stereocenters. The van der Waals surface area contributed by atoms with Gasteiger partial charge in [0.1, 0.15) is 35.1 Å². The van der Waals surface area contributed by atoms with E-state index in [1.807, 2.05) is 29.2 Å². The van der Waals surface area contributed by atoms with Crippen LogP contribution in [-0.2, 0) is 17.6 Å². The van der Waals surface area contributed by atoms with Crippen molar-refractivity contribution in [2.45, 2.75) is 76.9 Å². The van der Waals surface area contributed by atoms with Gasteiger partial charge >= 0.3 is 6.01 Å². The summed E-state index contributed by atoms with van der Waals surface area (Å²) in [6, 6.07) is 12.3. The molecule has 2 aromatic carbocycles. The second-order valence-electron chi connectivity index (χ2n) is 17.2. The van der Waals surface area contributed by atoms with E-state index in [4.69, 9.17) is 24.2 Å². The maximum Gasteiger partial charge on any atom is 0.319 e. The van der Waals surface area contributed by atoms with Crippen molar-refractivity contribution in [2.75, 3.05) is 68.8 Å². The topological polar surface area (TPSA) is 136 Å². The fourth-order valence-corrected chi connectivity index (χ4v) is 10.4. The second kappa shape index (κ2) is 15.3. The van der Waals surface area contributed by atoms with Crippen molar-refractivity contribution in [3.05, 3.63) is 59.7 Å². The van der Waals surface area contributed by atoms with Crippen LogP contribution < -0.4 is 19.9 Å². The number of piperidine rings is 1. The van der Waals surface area contributed by atoms with Crippen molar-refractivity contribution in [1.29, 1.82) is 0 Å². The summed E-state index contributed by atoms with van der Waals surface area (Å²) in [6.45, 7) is 11.3. The Morgan fingerprint density at radius 1 is 1.00 bits per heavy atom. The van der Waals surface area contributed by atoms with E-state index in [-0.39, 0.29) is 41.3 Å². The standard InChI is InChI=1S/C44H52FN9O4/c1-3-27-7-4-8-28-16-33(55)17-35(39(27)28)41-40(45)42-36(20-46-41)43(53-24-31-9-10-32(25-53)47-31)49-44(48-42)57-15-14-51-13-11-29-22-52(23-30(29)21-51)37-18-34(58-50-37)19-38(56)54-12-5-6-26(54)2/h4,7-8,16-18,20,26,29-32,47,55H,3,5-6,9-15,19,21-25H2,1-2H3. The van der Waals surface area contributed by atoms with E-state index in [1.165, 1.54) is 0 Å². The van der Waals surface area contributed by atoms with Crippen LogP contribution in [0.5, 0.6) is 11.8 Å². The number of aromatic nitrogens is 4. The first-order valence-corrected chi connectivity index (χ1v) is 21.2. The second-order valence-corrected chi connectivity index (χ2v) is 17.2. The number of amides is 1. The van der Waals surface area contributed by atoms with Gasteiger partial charge in [-0.25, -0.2) is 4.39 Å². The molecule has 10 rings (SSSR count). The van der Waals surface area contributed by atoms with Gasteiger partial charge in [0.15, 0.2) is 11.6 Å². The molecule has 58 heavy (non-hydrogen) atoms. The number of hydrogen-bond acceptors (Lipinski definition) is 12. The predicted octanol–water partition coefficient (Wildman–Crippen LogP) is 5.57. The summed E-state index contributed by atoms with van der Waals surface area (Å²) >= 11 is 0. The number of phenolic OH excluding ortho intramolecular Hbond substituents is 1. The van der Waals surface area contributed by atoms with Crippen LogP contribution in [0.25, 0.3) is 32.9 Å². The first-order valence-electron chi connectivity index (χ1n) is 21.2. The van der Waals surface area contributed by atoms with Crippen LogP contribution in [0.3, 0.4) is 0 Å². The molecule has 5 aromatic rings. The maximum absolute atomic E-state index is 17.0. The summed E-state index contributed by atoms with van der Waals surface area (Å²) in [5, 5.41) is 21.0. The molecule has 5 aliphatic rings. The first kappa shape index (κ1) is 37.2. The third-order valence-corrected chi connectivity index (χ3v) is 13.4. The quantitative estimate of drug-likeness (QED) is 0.183. The zero-order valence-electron chi connectivity index (χ0n) is 33.4. The minimum atomic E-state index is -0.554. The normalized spacial score (nSPS) is 24.7. The smallest absolute Gasteiger partial charge is 0.319 e. The number of ether oxygens (including phenoxy) is 1. The Hall–Kier alpha value is -5.08. The number of hydrogen-bond donors (Lipinski definition) is 2. The third kappa shape index (κ3) is 6.97. The number of piperazine rings is 1. The number of halogens is 1. The van der Waals surface area contributed by atoms with E-state index in [9.17, 15) is 9.90 Å². The highest BCUT2D eigenvalue weighted by Gasteiger charge is 2.39. The third-order valence-electron chi connectivity index (χ3n) is 13.4. The molecule has 0 saturated carbocycles. The zero-order chi connectivity index (χ0) is 39.5. The Balaban J connectivity index is 0.855. The van der Waals surface area contributed by atoms with Crippen molar-refractivity contribution in [3.8, 4) is 23.0 Å². The number of pyridine rings is 1. The number of nitrogens with one attached hydrogen (secondary N) is 1. The molecule has 1 amide bonds. The molecule has 0 spiro atoms. The molecule has 0 aliphatic carbocycles. The van der Waals surface area contributed by atoms with E-state index in [2.05, 4.69) is 39.0 Å². The van der Waals surface area contributed by atoms with Gasteiger partial charge in [-0.3, -0.25) is 14.7 Å². The minimum Gasteiger partial charge on any atom is -0.508 e. The summed E-state index contributed by atoms with van der Waals surface area (Å²) in [5.74, 6) is 2.74. The molecule has 304 valence electrons. The molecular weight excluding hydrogens is 738 g/mol. The number of carbonyl (C=O) groups is 1. The number of carbonyl (C=O) groups excluding carboxylic acids is 1. The number of aromatic hydroxyl groups is 1. The molecule has 5 saturated heterocycles. The highest BCUT2D eigenvalue weighted by Crippen LogP contribution is 2.39. The summed E-state index contributed by atoms with van der Waals surface area (Å²) in [4.78, 5) is 36.2. The van der Waals surface area contributed by atoms with E-state index < -0.39 is 5.82 Å². The van der Waals surface area contributed by atoms with Crippen LogP contribution in [0.4, 0.5) is 16.0 Å². The Morgan fingerprint density at radius 2 is 1.84 bits per heavy atom. The molecule has 13 nitrogen and oxygen atoms in total. The van der Waals surface area contributed by atoms with Crippen molar-refractivity contribution in [1.82, 2.24) is 35.2 Å². The number of benzene rings is 2. The van der Waals surface area contributed by atoms with Gasteiger partial charge in [-0.2, -0.15) is 9.97 Å². The predicted molar refractivity (Wildman–Crippen MR) is 220 cm³/mol. The lowest BCUT2D eigenvalue weighted by Gasteiger charge is -2.34. The van der Waals surface area contributed by atoms with Gasteiger partial charge in [0, 0.05) is 81.8 Å². The Labute approximate surface area is 337 Å². The van der Waals surface area contributed by atoms with Gasteiger partial charge in [-0.1, -0.05) is 30.3 Å². The van der Waals surface area contributed by atoms with Crippen LogP contribution in [0.15, 0.2) is 47.1 Å². The monoisotopic (exact) mass is 789 g/mol. The van der Waals surface area contributed by atoms with E-state index in [1.54, 1.807) is 18.3 Å². The van der Waals surface area contributed by atoms with Gasteiger partial charge in [-0.05, 0) is 92.3 Å². The van der Waals surface area contributed by atoms with Crippen LogP contribution in [0.1, 0.15) is 57.3 Å². The molecule has 2 bridgehead atoms. The van der Waals surface area contributed by atoms with Gasteiger partial charge in [-0.15, -0.1) is 0 Å². The molecule has 14 heteroatoms. The van der Waals surface area contributed by atoms with Crippen LogP contribution in [0, 0.1) is 17.7 Å². The van der Waals surface area contributed by atoms with E-state index >= 15 is 4.39 Å². The molecular formula is C44H52FN9O4. The summed E-state index contributed by atoms with van der Waals surface area (Å²) in [6.07, 6.45) is 8.08. The number of aryl methyl sites for hydroxylation is 1. The fraction of sp³-hybridized carbons (Fsp3) is 0.523. The highest BCUT2D eigenvalue weighted by molar-refractivity contribution is 6.01. The lowest BCUT2D eigenvalue weighted by Crippen LogP contribution is -2.51. The number of fused-ring (bicyclic) bond motifs is 5. The Morgan fingerprint density at radius 3 is 2.66 bits per heavy atom. The van der Waals surface area contributed by atoms with Crippen LogP contribution in [-0.4, -0.2) is 118 Å². The van der Waals surface area contributed by atoms with Gasteiger partial charge in [0.05, 0.1) is 11.8 Å². The number of anilines is 2. The molecule has 5 unspecified atom stereocenters. The number of nitrogens with zero attached hydrogens (tertiary/aromatic N) is 8. The Bertz CT molecular complexity index is 2340. The Kier molecular flexibility index (Phi) is 9.79. The van der Waals surface area contributed by atoms with Gasteiger partial charge < -0.3 is 34.4 Å². The lowest BCUT2D eigenvalue weighted by molar-refractivity contribution is -0.131. The van der Waals surface area contributed by atoms with Crippen LogP contribution >= 0.6 is 0 Å². The summed E-state index contributed by atoms with van der Waals surface area (Å²) in [7, 11) is 0. The molecule has 0 radical (unpaired) electrons. The van der Waals surface area contributed by atoms with Gasteiger partial charge in [0.25, 0.3) is 0 Å². The zero-order valence-corrected chi connectivity index (χ0v) is 33.4. The maximum atomic E-state index is 17.0. The average molecular weight is 790 g/mol. The molecule has 3 aromatic heterocycles. The summed E-state index contributed by atoms with van der Waals surface area (Å²) < 4.78 is 29.0. The highest BCUT2D eigenvalue weighted by atomic mass is 19.1. The molecule has 8 heterocycles. The molecule has 5 aliphatic heterocycles. The van der Waals surface area contributed by atoms with Crippen molar-refractivity contribution >= 4 is 39.2 Å². The van der Waals surface area contributed by atoms with Gasteiger partial charge in [0.2, 0.25) is 5.91 Å². The fourth-order valence-electron chi connectivity index (χ4n) is 10.4. The number of likely N-dealkylation sites (tertiary alicyclic amines) is 2. The van der Waals surface area contributed by atoms with Crippen molar-refractivity contribution in [3.63, 3.8) is 0 Å². The lowest BCUT2D eigenvalue weighted by atomic mass is 9.89. The van der Waals surface area contributed by atoms with Crippen molar-refractivity contribution in [2.24, 2.45) is 11.8 Å². The SMILES string of the molecule is CCc1cccc2cc(O)cc(-c3ncc4c(N5CC6CCC(C5)N6)nc(OCCN5CCC6CN(c7cc(CC(=O)N8CCCC8C)on7)CC6C5)nc4c3F)c12. The minimum absolute atomic E-state index is 0.0538. The summed E-state index contributed by atoms with van der Waals surface area (Å²) in [5.41, 5.74) is 1.90. The first-order chi connectivity index (χ1) is 28.3. The van der Waals surface area contributed by atoms with Crippen molar-refractivity contribution < 1.29 is 23.6 Å². The average Bonchev–Trinajstić information content (AvgIpc) is 4.04. The largest absolute Gasteiger partial charge is 0.508 e. The van der Waals surface area contributed by atoms with E-state index in [0.717, 1.165) is 106 Å². The molecule has 5 fully saturated rings. The molecule has 2 N–H and O–H groups in total. The van der Waals surface area contributed by atoms with Crippen LogP contribution in [0.2, 0.25) is 0 Å². The number of rotatable bonds is 10. The number of phenols is 1.